The molecule has 1 heterocycles. The molecule has 1 aromatic carbocycles. The van der Waals surface area contributed by atoms with Crippen LogP contribution in [0.5, 0.6) is 0 Å². The van der Waals surface area contributed by atoms with Crippen LogP contribution in [-0.2, 0) is 0 Å². The Morgan fingerprint density at radius 2 is 2.11 bits per heavy atom. The van der Waals surface area contributed by atoms with E-state index in [-0.39, 0.29) is 11.3 Å². The number of carbonyl (C=O) groups is 1. The van der Waals surface area contributed by atoms with Crippen LogP contribution >= 0.6 is 0 Å². The van der Waals surface area contributed by atoms with Crippen molar-refractivity contribution < 1.29 is 9.90 Å². The number of aromatic carboxylic acids is 1. The minimum Gasteiger partial charge on any atom is -0.478 e. The van der Waals surface area contributed by atoms with Gasteiger partial charge in [-0.2, -0.15) is 0 Å². The molecule has 0 unspecified atom stereocenters. The maximum absolute atomic E-state index is 11.1. The molecule has 0 radical (unpaired) electrons. The zero-order chi connectivity index (χ0) is 14.0. The molecule has 0 saturated heterocycles. The average Bonchev–Trinajstić information content (AvgIpc) is 2.38. The summed E-state index contributed by atoms with van der Waals surface area (Å²) in [5.74, 6) is -0.621. The molecular formula is C14H15N3O2. The first-order chi connectivity index (χ1) is 9.00. The number of aryl methyl sites for hydroxylation is 1. The first-order valence-electron chi connectivity index (χ1n) is 5.79. The summed E-state index contributed by atoms with van der Waals surface area (Å²) >= 11 is 0. The molecule has 0 fully saturated rings. The molecule has 0 aliphatic rings. The molecule has 3 N–H and O–H groups in total. The van der Waals surface area contributed by atoms with Gasteiger partial charge in [0.25, 0.3) is 0 Å². The minimum atomic E-state index is -1.06. The van der Waals surface area contributed by atoms with Gasteiger partial charge in [-0.25, -0.2) is 9.78 Å². The van der Waals surface area contributed by atoms with Gasteiger partial charge in [-0.3, -0.25) is 0 Å². The number of hydrogen-bond donors (Lipinski definition) is 2. The Morgan fingerprint density at radius 3 is 2.74 bits per heavy atom. The predicted molar refractivity (Wildman–Crippen MR) is 74.9 cm³/mol. The second kappa shape index (κ2) is 4.97. The van der Waals surface area contributed by atoms with E-state index in [1.165, 1.54) is 12.3 Å². The summed E-state index contributed by atoms with van der Waals surface area (Å²) in [7, 11) is 1.80. The Labute approximate surface area is 111 Å². The van der Waals surface area contributed by atoms with E-state index in [9.17, 15) is 4.79 Å². The zero-order valence-corrected chi connectivity index (χ0v) is 10.8. The van der Waals surface area contributed by atoms with Gasteiger partial charge in [0.2, 0.25) is 0 Å². The Balaban J connectivity index is 2.47. The van der Waals surface area contributed by atoms with Gasteiger partial charge in [-0.05, 0) is 30.7 Å². The third kappa shape index (κ3) is 2.49. The maximum atomic E-state index is 11.1. The first-order valence-corrected chi connectivity index (χ1v) is 5.79. The van der Waals surface area contributed by atoms with Crippen LogP contribution in [0.3, 0.4) is 0 Å². The highest BCUT2D eigenvalue weighted by Crippen LogP contribution is 2.29. The molecule has 2 aromatic rings. The lowest BCUT2D eigenvalue weighted by molar-refractivity contribution is 0.0698. The Kier molecular flexibility index (Phi) is 3.37. The summed E-state index contributed by atoms with van der Waals surface area (Å²) in [6, 6.07) is 9.21. The molecule has 0 aliphatic heterocycles. The van der Waals surface area contributed by atoms with E-state index in [1.54, 1.807) is 11.9 Å². The molecule has 5 nitrogen and oxygen atoms in total. The standard InChI is InChI=1S/C14H15N3O2/c1-9-4-3-5-10(8-9)17(2)13-12(15)11(14(18)19)6-7-16-13/h3-8H,15H2,1-2H3,(H,18,19). The van der Waals surface area contributed by atoms with Crippen LogP contribution in [0, 0.1) is 6.92 Å². The number of carboxylic acid groups (broad SMARTS) is 1. The van der Waals surface area contributed by atoms with Gasteiger partial charge in [0, 0.05) is 18.9 Å². The average molecular weight is 257 g/mol. The molecular weight excluding hydrogens is 242 g/mol. The second-order valence-electron chi connectivity index (χ2n) is 4.30. The third-order valence-electron chi connectivity index (χ3n) is 2.91. The van der Waals surface area contributed by atoms with Gasteiger partial charge in [-0.1, -0.05) is 12.1 Å². The SMILES string of the molecule is Cc1cccc(N(C)c2nccc(C(=O)O)c2N)c1. The van der Waals surface area contributed by atoms with Crippen molar-refractivity contribution in [1.29, 1.82) is 0 Å². The van der Waals surface area contributed by atoms with Gasteiger partial charge >= 0.3 is 5.97 Å². The van der Waals surface area contributed by atoms with Crippen molar-refractivity contribution in [3.63, 3.8) is 0 Å². The van der Waals surface area contributed by atoms with Crippen molar-refractivity contribution in [2.75, 3.05) is 17.7 Å². The van der Waals surface area contributed by atoms with E-state index >= 15 is 0 Å². The van der Waals surface area contributed by atoms with Crippen LogP contribution in [0.25, 0.3) is 0 Å². The Bertz CT molecular complexity index is 626. The van der Waals surface area contributed by atoms with Crippen molar-refractivity contribution in [2.24, 2.45) is 0 Å². The normalized spacial score (nSPS) is 10.2. The van der Waals surface area contributed by atoms with Crippen LogP contribution in [0.4, 0.5) is 17.2 Å². The molecule has 0 atom stereocenters. The number of pyridine rings is 1. The monoisotopic (exact) mass is 257 g/mol. The number of hydrogen-bond acceptors (Lipinski definition) is 4. The van der Waals surface area contributed by atoms with Crippen LogP contribution in [0.15, 0.2) is 36.5 Å². The van der Waals surface area contributed by atoms with Crippen molar-refractivity contribution in [1.82, 2.24) is 4.98 Å². The summed E-state index contributed by atoms with van der Waals surface area (Å²) in [6.45, 7) is 1.99. The molecule has 0 amide bonds. The molecule has 1 aromatic heterocycles. The van der Waals surface area contributed by atoms with Crippen molar-refractivity contribution in [3.05, 3.63) is 47.7 Å². The lowest BCUT2D eigenvalue weighted by Crippen LogP contribution is -2.15. The molecule has 0 saturated carbocycles. The topological polar surface area (TPSA) is 79.5 Å². The predicted octanol–water partition coefficient (Wildman–Crippen LogP) is 2.44. The number of benzene rings is 1. The summed E-state index contributed by atoms with van der Waals surface area (Å²) in [5, 5.41) is 9.06. The Hall–Kier alpha value is -2.56. The number of nitrogens with zero attached hydrogens (tertiary/aromatic N) is 2. The van der Waals surface area contributed by atoms with Crippen LogP contribution in [-0.4, -0.2) is 23.1 Å². The quantitative estimate of drug-likeness (QED) is 0.882. The van der Waals surface area contributed by atoms with Gasteiger partial charge in [0.05, 0.1) is 11.3 Å². The molecule has 19 heavy (non-hydrogen) atoms. The van der Waals surface area contributed by atoms with Crippen molar-refractivity contribution in [3.8, 4) is 0 Å². The lowest BCUT2D eigenvalue weighted by atomic mass is 10.2. The fraction of sp³-hybridized carbons (Fsp3) is 0.143. The second-order valence-corrected chi connectivity index (χ2v) is 4.30. The summed E-state index contributed by atoms with van der Waals surface area (Å²) < 4.78 is 0. The minimum absolute atomic E-state index is 0.0597. The fourth-order valence-corrected chi connectivity index (χ4v) is 1.87. The fourth-order valence-electron chi connectivity index (χ4n) is 1.87. The zero-order valence-electron chi connectivity index (χ0n) is 10.8. The number of carboxylic acids is 1. The maximum Gasteiger partial charge on any atom is 0.337 e. The molecule has 98 valence electrons. The van der Waals surface area contributed by atoms with E-state index in [0.29, 0.717) is 5.82 Å². The van der Waals surface area contributed by atoms with Crippen molar-refractivity contribution in [2.45, 2.75) is 6.92 Å². The summed E-state index contributed by atoms with van der Waals surface area (Å²) in [6.07, 6.45) is 1.45. The van der Waals surface area contributed by atoms with E-state index in [1.807, 2.05) is 31.2 Å². The highest BCUT2D eigenvalue weighted by atomic mass is 16.4. The van der Waals surface area contributed by atoms with Gasteiger partial charge in [-0.15, -0.1) is 0 Å². The number of rotatable bonds is 3. The third-order valence-corrected chi connectivity index (χ3v) is 2.91. The Morgan fingerprint density at radius 1 is 1.37 bits per heavy atom. The van der Waals surface area contributed by atoms with Crippen LogP contribution in [0.2, 0.25) is 0 Å². The van der Waals surface area contributed by atoms with Crippen molar-refractivity contribution >= 4 is 23.2 Å². The number of anilines is 3. The first kappa shape index (κ1) is 12.9. The molecule has 0 aliphatic carbocycles. The summed E-state index contributed by atoms with van der Waals surface area (Å²) in [4.78, 5) is 17.0. The molecule has 0 bridgehead atoms. The van der Waals surface area contributed by atoms with E-state index in [0.717, 1.165) is 11.3 Å². The number of nitrogen functional groups attached to an aromatic ring is 1. The van der Waals surface area contributed by atoms with Crippen LogP contribution in [0.1, 0.15) is 15.9 Å². The lowest BCUT2D eigenvalue weighted by Gasteiger charge is -2.21. The highest BCUT2D eigenvalue weighted by Gasteiger charge is 2.16. The largest absolute Gasteiger partial charge is 0.478 e. The van der Waals surface area contributed by atoms with E-state index in [4.69, 9.17) is 10.8 Å². The smallest absolute Gasteiger partial charge is 0.337 e. The van der Waals surface area contributed by atoms with E-state index in [2.05, 4.69) is 4.98 Å². The van der Waals surface area contributed by atoms with Gasteiger partial charge in [0.15, 0.2) is 5.82 Å². The highest BCUT2D eigenvalue weighted by molar-refractivity contribution is 5.96. The number of nitrogens with two attached hydrogens (primary N) is 1. The molecule has 2 rings (SSSR count). The number of aromatic nitrogens is 1. The molecule has 5 heteroatoms. The van der Waals surface area contributed by atoms with Gasteiger partial charge in [0.1, 0.15) is 0 Å². The summed E-state index contributed by atoms with van der Waals surface area (Å²) in [5.41, 5.74) is 8.11. The van der Waals surface area contributed by atoms with Crippen LogP contribution < -0.4 is 10.6 Å². The van der Waals surface area contributed by atoms with Gasteiger partial charge < -0.3 is 15.7 Å². The van der Waals surface area contributed by atoms with E-state index < -0.39 is 5.97 Å². The molecule has 0 spiro atoms.